The van der Waals surface area contributed by atoms with E-state index >= 15 is 0 Å². The van der Waals surface area contributed by atoms with Gasteiger partial charge in [0, 0.05) is 6.42 Å². The number of benzene rings is 1. The molecule has 0 spiro atoms. The summed E-state index contributed by atoms with van der Waals surface area (Å²) < 4.78 is 66.2. The van der Waals surface area contributed by atoms with Gasteiger partial charge in [-0.15, -0.1) is 0 Å². The Kier molecular flexibility index (Phi) is 20.2. The first-order valence-electron chi connectivity index (χ1n) is 12.5. The number of hydrogen-bond donors (Lipinski definition) is 0. The number of ether oxygens (including phenoxy) is 7. The number of carbonyl (C=O) groups is 1. The van der Waals surface area contributed by atoms with Gasteiger partial charge in [0.25, 0.3) is 10.1 Å². The molecule has 0 radical (unpaired) electrons. The molecule has 0 aliphatic heterocycles. The SMILES string of the molecule is CCCC(=O)OCCOCCOCCOCCOCCOCCOCCOS(=O)(=O)c1ccc(C)cc1. The normalized spacial score (nSPS) is 11.6. The molecule has 0 N–H and O–H groups in total. The largest absolute Gasteiger partial charge is 0.463 e. The summed E-state index contributed by atoms with van der Waals surface area (Å²) in [5.74, 6) is -0.199. The summed E-state index contributed by atoms with van der Waals surface area (Å²) in [5.41, 5.74) is 0.974. The average Bonchev–Trinajstić information content (AvgIpc) is 2.87. The Morgan fingerprint density at radius 1 is 0.622 bits per heavy atom. The number of carbonyl (C=O) groups excluding carboxylic acids is 1. The maximum absolute atomic E-state index is 12.0. The van der Waals surface area contributed by atoms with Gasteiger partial charge in [-0.25, -0.2) is 0 Å². The molecule has 0 heterocycles. The summed E-state index contributed by atoms with van der Waals surface area (Å²) in [6.07, 6.45) is 1.21. The van der Waals surface area contributed by atoms with Crippen molar-refractivity contribution in [1.82, 2.24) is 0 Å². The highest BCUT2D eigenvalue weighted by atomic mass is 32.2. The van der Waals surface area contributed by atoms with Gasteiger partial charge in [-0.2, -0.15) is 8.42 Å². The quantitative estimate of drug-likeness (QED) is 0.101. The number of aryl methyl sites for hydroxylation is 1. The molecule has 37 heavy (non-hydrogen) atoms. The minimum Gasteiger partial charge on any atom is -0.463 e. The van der Waals surface area contributed by atoms with E-state index in [9.17, 15) is 13.2 Å². The zero-order valence-electron chi connectivity index (χ0n) is 22.0. The molecule has 0 aliphatic rings. The Balaban J connectivity index is 1.76. The summed E-state index contributed by atoms with van der Waals surface area (Å²) in [7, 11) is -3.77. The molecular weight excluding hydrogens is 508 g/mol. The topological polar surface area (TPSA) is 125 Å². The summed E-state index contributed by atoms with van der Waals surface area (Å²) in [5, 5.41) is 0. The lowest BCUT2D eigenvalue weighted by Crippen LogP contribution is -2.15. The third-order valence-electron chi connectivity index (χ3n) is 4.58. The van der Waals surface area contributed by atoms with Crippen LogP contribution in [0.15, 0.2) is 29.2 Å². The van der Waals surface area contributed by atoms with Crippen molar-refractivity contribution >= 4 is 16.1 Å². The highest BCUT2D eigenvalue weighted by Gasteiger charge is 2.14. The second-order valence-corrected chi connectivity index (χ2v) is 9.35. The molecule has 1 aromatic carbocycles. The van der Waals surface area contributed by atoms with Gasteiger partial charge in [0.2, 0.25) is 0 Å². The van der Waals surface area contributed by atoms with Crippen LogP contribution in [0.3, 0.4) is 0 Å². The van der Waals surface area contributed by atoms with Gasteiger partial charge in [-0.05, 0) is 25.5 Å². The fourth-order valence-electron chi connectivity index (χ4n) is 2.67. The molecule has 0 saturated heterocycles. The molecular formula is C25H42O11S. The van der Waals surface area contributed by atoms with Crippen LogP contribution >= 0.6 is 0 Å². The van der Waals surface area contributed by atoms with Crippen molar-refractivity contribution in [3.05, 3.63) is 29.8 Å². The Morgan fingerprint density at radius 2 is 1.00 bits per heavy atom. The zero-order chi connectivity index (χ0) is 27.0. The van der Waals surface area contributed by atoms with Crippen molar-refractivity contribution in [1.29, 1.82) is 0 Å². The van der Waals surface area contributed by atoms with Crippen LogP contribution in [0.5, 0.6) is 0 Å². The fraction of sp³-hybridized carbons (Fsp3) is 0.720. The first kappa shape index (κ1) is 33.4. The smallest absolute Gasteiger partial charge is 0.305 e. The Labute approximate surface area is 220 Å². The lowest BCUT2D eigenvalue weighted by Gasteiger charge is -2.09. The lowest BCUT2D eigenvalue weighted by molar-refractivity contribution is -0.145. The molecule has 1 aromatic rings. The van der Waals surface area contributed by atoms with Gasteiger partial charge in [0.15, 0.2) is 0 Å². The minimum atomic E-state index is -3.77. The zero-order valence-corrected chi connectivity index (χ0v) is 22.8. The van der Waals surface area contributed by atoms with Crippen molar-refractivity contribution in [3.63, 3.8) is 0 Å². The van der Waals surface area contributed by atoms with Gasteiger partial charge < -0.3 is 33.2 Å². The molecule has 1 rings (SSSR count). The van der Waals surface area contributed by atoms with Gasteiger partial charge in [-0.1, -0.05) is 24.6 Å². The molecule has 0 aromatic heterocycles. The van der Waals surface area contributed by atoms with Crippen LogP contribution in [0.4, 0.5) is 0 Å². The van der Waals surface area contributed by atoms with Gasteiger partial charge in [0.1, 0.15) is 6.61 Å². The minimum absolute atomic E-state index is 0.0596. The summed E-state index contributed by atoms with van der Waals surface area (Å²) in [6, 6.07) is 6.47. The van der Waals surface area contributed by atoms with Crippen LogP contribution in [0, 0.1) is 6.92 Å². The van der Waals surface area contributed by atoms with Gasteiger partial charge in [-0.3, -0.25) is 8.98 Å². The average molecular weight is 551 g/mol. The van der Waals surface area contributed by atoms with Gasteiger partial charge >= 0.3 is 5.97 Å². The van der Waals surface area contributed by atoms with E-state index in [0.717, 1.165) is 12.0 Å². The van der Waals surface area contributed by atoms with Crippen molar-refractivity contribution in [2.75, 3.05) is 92.5 Å². The van der Waals surface area contributed by atoms with Gasteiger partial charge in [0.05, 0.1) is 90.8 Å². The molecule has 0 bridgehead atoms. The molecule has 0 atom stereocenters. The second kappa shape index (κ2) is 22.4. The van der Waals surface area contributed by atoms with E-state index < -0.39 is 10.1 Å². The van der Waals surface area contributed by atoms with E-state index in [1.54, 1.807) is 12.1 Å². The molecule has 11 nitrogen and oxygen atoms in total. The highest BCUT2D eigenvalue weighted by Crippen LogP contribution is 2.12. The van der Waals surface area contributed by atoms with Crippen LogP contribution in [0.2, 0.25) is 0 Å². The monoisotopic (exact) mass is 550 g/mol. The van der Waals surface area contributed by atoms with Crippen LogP contribution in [-0.4, -0.2) is 107 Å². The molecule has 0 aliphatic carbocycles. The van der Waals surface area contributed by atoms with Crippen molar-refractivity contribution in [3.8, 4) is 0 Å². The van der Waals surface area contributed by atoms with Crippen LogP contribution in [-0.2, 0) is 52.3 Å². The number of esters is 1. The third-order valence-corrected chi connectivity index (χ3v) is 5.91. The van der Waals surface area contributed by atoms with Crippen molar-refractivity contribution in [2.45, 2.75) is 31.6 Å². The van der Waals surface area contributed by atoms with E-state index in [0.29, 0.717) is 79.1 Å². The molecule has 0 amide bonds. The maximum atomic E-state index is 12.0. The fourth-order valence-corrected chi connectivity index (χ4v) is 3.56. The Hall–Kier alpha value is -1.64. The van der Waals surface area contributed by atoms with Crippen molar-refractivity contribution in [2.24, 2.45) is 0 Å². The van der Waals surface area contributed by atoms with Crippen LogP contribution in [0.1, 0.15) is 25.3 Å². The lowest BCUT2D eigenvalue weighted by atomic mass is 10.2. The van der Waals surface area contributed by atoms with E-state index in [1.165, 1.54) is 12.1 Å². The molecule has 0 unspecified atom stereocenters. The van der Waals surface area contributed by atoms with E-state index in [4.69, 9.17) is 37.3 Å². The van der Waals surface area contributed by atoms with E-state index in [1.807, 2.05) is 13.8 Å². The predicted molar refractivity (Wildman–Crippen MR) is 135 cm³/mol. The highest BCUT2D eigenvalue weighted by molar-refractivity contribution is 7.86. The predicted octanol–water partition coefficient (Wildman–Crippen LogP) is 2.14. The second-order valence-electron chi connectivity index (χ2n) is 7.73. The first-order chi connectivity index (χ1) is 18.0. The molecule has 214 valence electrons. The summed E-state index contributed by atoms with van der Waals surface area (Å²) in [4.78, 5) is 11.3. The van der Waals surface area contributed by atoms with E-state index in [2.05, 4.69) is 0 Å². The van der Waals surface area contributed by atoms with Crippen molar-refractivity contribution < 1.29 is 50.6 Å². The molecule has 12 heteroatoms. The molecule has 0 saturated carbocycles. The Morgan fingerprint density at radius 3 is 1.41 bits per heavy atom. The standard InChI is InChI=1S/C25H42O11S/c1-3-4-25(26)35-21-19-33-17-15-31-13-11-29-9-10-30-12-14-32-16-18-34-20-22-36-37(27,28)24-7-5-23(2)6-8-24/h5-8H,3-4,9-22H2,1-2H3. The Bertz CT molecular complexity index is 784. The maximum Gasteiger partial charge on any atom is 0.305 e. The molecule has 0 fully saturated rings. The summed E-state index contributed by atoms with van der Waals surface area (Å²) in [6.45, 7) is 8.78. The number of rotatable bonds is 25. The summed E-state index contributed by atoms with van der Waals surface area (Å²) >= 11 is 0. The third kappa shape index (κ3) is 19.1. The number of hydrogen-bond acceptors (Lipinski definition) is 11. The van der Waals surface area contributed by atoms with Crippen LogP contribution in [0.25, 0.3) is 0 Å². The van der Waals surface area contributed by atoms with E-state index in [-0.39, 0.29) is 30.7 Å². The van der Waals surface area contributed by atoms with Crippen LogP contribution < -0.4 is 0 Å². The first-order valence-corrected chi connectivity index (χ1v) is 13.9.